The van der Waals surface area contributed by atoms with Crippen LogP contribution >= 0.6 is 0 Å². The molecule has 5 rings (SSSR count). The zero-order chi connectivity index (χ0) is 26.3. The Morgan fingerprint density at radius 1 is 1.00 bits per heavy atom. The van der Waals surface area contributed by atoms with Crippen molar-refractivity contribution in [1.82, 2.24) is 14.7 Å². The molecule has 0 saturated carbocycles. The van der Waals surface area contributed by atoms with Crippen molar-refractivity contribution >= 4 is 29.2 Å². The smallest absolute Gasteiger partial charge is 0.307 e. The zero-order valence-corrected chi connectivity index (χ0v) is 20.2. The van der Waals surface area contributed by atoms with Crippen LogP contribution in [0.15, 0.2) is 54.9 Å². The van der Waals surface area contributed by atoms with Gasteiger partial charge < -0.3 is 9.80 Å². The predicted octanol–water partition coefficient (Wildman–Crippen LogP) is 3.45. The van der Waals surface area contributed by atoms with Gasteiger partial charge in [-0.25, -0.2) is 18.5 Å². The molecule has 4 amide bonds. The number of carbonyl (C=O) groups is 3. The molecular weight excluding hydrogens is 480 g/mol. The quantitative estimate of drug-likeness (QED) is 0.513. The highest BCUT2D eigenvalue weighted by Crippen LogP contribution is 2.39. The van der Waals surface area contributed by atoms with Crippen molar-refractivity contribution in [1.29, 1.82) is 0 Å². The summed E-state index contributed by atoms with van der Waals surface area (Å²) in [6.45, 7) is 1.94. The molecule has 0 spiro atoms. The standard InChI is InChI=1S/C27H23F2N5O3/c1-3-27-15-23(35)34(26(37)33(27)12-11-32(25(27)36)20-16-30-31(2)17-20)24-21(28)13-19(14-22(24)29)10-9-18-7-5-4-6-8-18/h4-8,13-14,16-17H,3,11-12,15H2,1-2H3. The average Bonchev–Trinajstić information content (AvgIpc) is 3.31. The maximum atomic E-state index is 15.2. The number of hydrogen-bond acceptors (Lipinski definition) is 4. The van der Waals surface area contributed by atoms with Gasteiger partial charge in [-0.3, -0.25) is 14.3 Å². The third-order valence-electron chi connectivity index (χ3n) is 6.78. The van der Waals surface area contributed by atoms with Crippen molar-refractivity contribution in [2.45, 2.75) is 25.3 Å². The van der Waals surface area contributed by atoms with Crippen molar-refractivity contribution in [3.05, 3.63) is 77.6 Å². The Morgan fingerprint density at radius 2 is 1.68 bits per heavy atom. The fraction of sp³-hybridized carbons (Fsp3) is 0.259. The van der Waals surface area contributed by atoms with E-state index in [1.54, 1.807) is 49.1 Å². The van der Waals surface area contributed by atoms with Crippen LogP contribution in [0.25, 0.3) is 0 Å². The highest BCUT2D eigenvalue weighted by atomic mass is 19.1. The van der Waals surface area contributed by atoms with Crippen LogP contribution in [0.4, 0.5) is 25.0 Å². The molecule has 0 aliphatic carbocycles. The first-order valence-corrected chi connectivity index (χ1v) is 11.8. The number of halogens is 2. The average molecular weight is 504 g/mol. The van der Waals surface area contributed by atoms with Gasteiger partial charge in [0.1, 0.15) is 11.2 Å². The van der Waals surface area contributed by atoms with Gasteiger partial charge in [0.2, 0.25) is 5.91 Å². The van der Waals surface area contributed by atoms with E-state index in [-0.39, 0.29) is 25.1 Å². The van der Waals surface area contributed by atoms with E-state index in [1.807, 2.05) is 6.07 Å². The fourth-order valence-electron chi connectivity index (χ4n) is 4.89. The number of imide groups is 1. The molecule has 0 bridgehead atoms. The molecule has 1 unspecified atom stereocenters. The van der Waals surface area contributed by atoms with Gasteiger partial charge in [0, 0.05) is 37.5 Å². The van der Waals surface area contributed by atoms with Crippen molar-refractivity contribution in [3.8, 4) is 11.8 Å². The largest absolute Gasteiger partial charge is 0.332 e. The maximum absolute atomic E-state index is 15.2. The minimum absolute atomic E-state index is 0.0580. The fourth-order valence-corrected chi connectivity index (χ4v) is 4.89. The van der Waals surface area contributed by atoms with E-state index >= 15 is 8.78 Å². The topological polar surface area (TPSA) is 78.8 Å². The molecule has 2 saturated heterocycles. The lowest BCUT2D eigenvalue weighted by Crippen LogP contribution is -2.73. The molecule has 37 heavy (non-hydrogen) atoms. The van der Waals surface area contributed by atoms with E-state index in [9.17, 15) is 14.4 Å². The number of fused-ring (bicyclic) bond motifs is 1. The first-order valence-electron chi connectivity index (χ1n) is 11.8. The minimum atomic E-state index is -1.45. The second-order valence-corrected chi connectivity index (χ2v) is 8.96. The Morgan fingerprint density at radius 3 is 2.30 bits per heavy atom. The second kappa shape index (κ2) is 9.17. The summed E-state index contributed by atoms with van der Waals surface area (Å²) in [7, 11) is 1.72. The number of carbonyl (C=O) groups excluding carboxylic acids is 3. The SMILES string of the molecule is CCC12CC(=O)N(c3c(F)cc(C#Cc4ccccc4)cc3F)C(=O)N1CCN(c1cnn(C)c1)C2=O. The molecule has 1 atom stereocenters. The Kier molecular flexibility index (Phi) is 5.99. The van der Waals surface area contributed by atoms with Crippen LogP contribution in [-0.2, 0) is 16.6 Å². The molecule has 2 aliphatic heterocycles. The highest BCUT2D eigenvalue weighted by molar-refractivity contribution is 6.21. The first-order chi connectivity index (χ1) is 17.7. The van der Waals surface area contributed by atoms with E-state index < -0.39 is 47.1 Å². The first kappa shape index (κ1) is 24.2. The summed E-state index contributed by atoms with van der Waals surface area (Å²) in [5.74, 6) is 2.04. The number of amides is 4. The lowest BCUT2D eigenvalue weighted by Gasteiger charge is -2.52. The number of piperazine rings is 1. The molecule has 0 radical (unpaired) electrons. The molecule has 8 nitrogen and oxygen atoms in total. The molecule has 3 heterocycles. The Bertz CT molecular complexity index is 1450. The number of rotatable bonds is 3. The van der Waals surface area contributed by atoms with E-state index in [0.717, 1.165) is 12.1 Å². The van der Waals surface area contributed by atoms with E-state index in [1.165, 1.54) is 16.0 Å². The van der Waals surface area contributed by atoms with Crippen LogP contribution in [0.1, 0.15) is 30.9 Å². The van der Waals surface area contributed by atoms with E-state index in [4.69, 9.17) is 0 Å². The third-order valence-corrected chi connectivity index (χ3v) is 6.78. The summed E-state index contributed by atoms with van der Waals surface area (Å²) in [4.78, 5) is 43.6. The predicted molar refractivity (Wildman–Crippen MR) is 132 cm³/mol. The van der Waals surface area contributed by atoms with Gasteiger partial charge in [-0.05, 0) is 30.7 Å². The summed E-state index contributed by atoms with van der Waals surface area (Å²) in [6.07, 6.45) is 2.96. The van der Waals surface area contributed by atoms with Crippen molar-refractivity contribution < 1.29 is 23.2 Å². The summed E-state index contributed by atoms with van der Waals surface area (Å²) in [5.41, 5.74) is -0.951. The molecule has 0 N–H and O–H groups in total. The van der Waals surface area contributed by atoms with E-state index in [2.05, 4.69) is 16.9 Å². The number of urea groups is 1. The molecule has 10 heteroatoms. The van der Waals surface area contributed by atoms with Crippen LogP contribution in [0.2, 0.25) is 0 Å². The lowest BCUT2D eigenvalue weighted by molar-refractivity contribution is -0.139. The summed E-state index contributed by atoms with van der Waals surface area (Å²) in [6, 6.07) is 9.97. The molecule has 188 valence electrons. The Labute approximate surface area is 212 Å². The monoisotopic (exact) mass is 503 g/mol. The van der Waals surface area contributed by atoms with Crippen LogP contribution in [-0.4, -0.2) is 51.2 Å². The maximum Gasteiger partial charge on any atom is 0.332 e. The van der Waals surface area contributed by atoms with Gasteiger partial charge in [-0.1, -0.05) is 37.0 Å². The molecular formula is C27H23F2N5O3. The van der Waals surface area contributed by atoms with Crippen LogP contribution < -0.4 is 9.80 Å². The summed E-state index contributed by atoms with van der Waals surface area (Å²) in [5, 5.41) is 4.09. The van der Waals surface area contributed by atoms with Gasteiger partial charge in [0.05, 0.1) is 18.3 Å². The molecule has 2 fully saturated rings. The number of aryl methyl sites for hydroxylation is 1. The van der Waals surface area contributed by atoms with Gasteiger partial charge in [-0.15, -0.1) is 0 Å². The van der Waals surface area contributed by atoms with Crippen LogP contribution in [0.3, 0.4) is 0 Å². The minimum Gasteiger partial charge on any atom is -0.307 e. The third kappa shape index (κ3) is 4.02. The zero-order valence-electron chi connectivity index (χ0n) is 20.2. The molecule has 2 aromatic carbocycles. The Balaban J connectivity index is 1.47. The molecule has 1 aromatic heterocycles. The molecule has 3 aromatic rings. The number of aromatic nitrogens is 2. The second-order valence-electron chi connectivity index (χ2n) is 8.96. The highest BCUT2D eigenvalue weighted by Gasteiger charge is 2.57. The van der Waals surface area contributed by atoms with Gasteiger partial charge in [0.15, 0.2) is 11.6 Å². The number of anilines is 2. The van der Waals surface area contributed by atoms with Crippen LogP contribution in [0, 0.1) is 23.5 Å². The van der Waals surface area contributed by atoms with Crippen LogP contribution in [0.5, 0.6) is 0 Å². The number of hydrogen-bond donors (Lipinski definition) is 0. The number of nitrogens with zero attached hydrogens (tertiary/aromatic N) is 5. The lowest BCUT2D eigenvalue weighted by atomic mass is 9.83. The Hall–Kier alpha value is -4.52. The summed E-state index contributed by atoms with van der Waals surface area (Å²) < 4.78 is 31.9. The molecule has 2 aliphatic rings. The van der Waals surface area contributed by atoms with Gasteiger partial charge in [0.25, 0.3) is 5.91 Å². The normalized spacial score (nSPS) is 19.6. The summed E-state index contributed by atoms with van der Waals surface area (Å²) >= 11 is 0. The van der Waals surface area contributed by atoms with Crippen molar-refractivity contribution in [2.24, 2.45) is 7.05 Å². The number of benzene rings is 2. The van der Waals surface area contributed by atoms with E-state index in [0.29, 0.717) is 16.2 Å². The van der Waals surface area contributed by atoms with Gasteiger partial charge >= 0.3 is 6.03 Å². The van der Waals surface area contributed by atoms with Gasteiger partial charge in [-0.2, -0.15) is 5.10 Å². The van der Waals surface area contributed by atoms with Crippen molar-refractivity contribution in [2.75, 3.05) is 22.9 Å². The van der Waals surface area contributed by atoms with Crippen molar-refractivity contribution in [3.63, 3.8) is 0 Å².